The van der Waals surface area contributed by atoms with Gasteiger partial charge in [0.25, 0.3) is 11.8 Å². The molecule has 2 aromatic heterocycles. The van der Waals surface area contributed by atoms with Gasteiger partial charge in [-0.15, -0.1) is 11.3 Å². The maximum Gasteiger partial charge on any atom is 0.362 e. The highest BCUT2D eigenvalue weighted by Gasteiger charge is 2.54. The molecule has 20 heteroatoms. The lowest BCUT2D eigenvalue weighted by molar-refractivity contribution is -0.146. The highest BCUT2D eigenvalue weighted by atomic mass is 32.2. The molecule has 1 aliphatic heterocycles. The van der Waals surface area contributed by atoms with E-state index in [9.17, 15) is 52.4 Å². The van der Waals surface area contributed by atoms with E-state index >= 15 is 0 Å². The van der Waals surface area contributed by atoms with Crippen molar-refractivity contribution in [1.82, 2.24) is 30.0 Å². The van der Waals surface area contributed by atoms with E-state index in [0.29, 0.717) is 10.9 Å². The number of thiazole rings is 1. The van der Waals surface area contributed by atoms with Crippen LogP contribution >= 0.6 is 11.3 Å². The molecule has 0 aliphatic carbocycles. The predicted molar refractivity (Wildman–Crippen MR) is 144 cm³/mol. The molecule has 3 rings (SSSR count). The Morgan fingerprint density at radius 2 is 1.90 bits per heavy atom. The molecule has 0 bridgehead atoms. The Balaban J connectivity index is 1.76. The molecule has 0 aromatic carbocycles. The van der Waals surface area contributed by atoms with Crippen molar-refractivity contribution in [3.63, 3.8) is 0 Å². The van der Waals surface area contributed by atoms with Crippen molar-refractivity contribution in [3.8, 4) is 5.75 Å². The number of carboxylic acids is 1. The normalized spacial score (nSPS) is 17.4. The zero-order valence-corrected chi connectivity index (χ0v) is 23.6. The number of β-lactam (4-membered cyclic amide) rings is 1. The fourth-order valence-corrected chi connectivity index (χ4v) is 5.11. The smallest absolute Gasteiger partial charge is 0.362 e. The van der Waals surface area contributed by atoms with Crippen LogP contribution < -0.4 is 27.1 Å². The van der Waals surface area contributed by atoms with Crippen LogP contribution in [0.15, 0.2) is 28.5 Å². The molecule has 0 saturated carbocycles. The van der Waals surface area contributed by atoms with Gasteiger partial charge in [-0.2, -0.15) is 13.1 Å². The second-order valence-electron chi connectivity index (χ2n) is 9.63. The number of carbonyl (C=O) groups excluding carboxylic acids is 3. The Hall–Kier alpha value is -4.69. The SMILES string of the molecule is CC(C)(C/C=C(\C(=O)N[C@@H]1C(=O)N(S(=O)(=O)O)[C@@H]1CNC(=O)NCc1cc(=O)c(O)cn1O)c1csc(N)n1)C(=O)O. The summed E-state index contributed by atoms with van der Waals surface area (Å²) in [5.41, 5.74) is 3.35. The molecular formula is C22H27N7O11S2. The number of nitrogen functional groups attached to an aromatic ring is 1. The van der Waals surface area contributed by atoms with Gasteiger partial charge in [0.15, 0.2) is 10.9 Å². The molecule has 0 radical (unpaired) electrons. The number of aliphatic carboxylic acids is 1. The van der Waals surface area contributed by atoms with Crippen LogP contribution in [0, 0.1) is 5.41 Å². The minimum Gasteiger partial charge on any atom is -0.503 e. The number of nitrogens with zero attached hydrogens (tertiary/aromatic N) is 3. The maximum atomic E-state index is 13.2. The van der Waals surface area contributed by atoms with Crippen molar-refractivity contribution in [1.29, 1.82) is 0 Å². The summed E-state index contributed by atoms with van der Waals surface area (Å²) >= 11 is 0.991. The zero-order valence-electron chi connectivity index (χ0n) is 22.0. The lowest BCUT2D eigenvalue weighted by Gasteiger charge is -2.44. The fourth-order valence-electron chi connectivity index (χ4n) is 3.67. The second kappa shape index (κ2) is 12.0. The largest absolute Gasteiger partial charge is 0.503 e. The summed E-state index contributed by atoms with van der Waals surface area (Å²) in [6.07, 6.45) is 1.86. The minimum absolute atomic E-state index is 0.0569. The number of hydrogen-bond acceptors (Lipinski definition) is 12. The molecule has 2 atom stereocenters. The number of hydrogen-bond donors (Lipinski definition) is 8. The Morgan fingerprint density at radius 3 is 2.48 bits per heavy atom. The molecular weight excluding hydrogens is 602 g/mol. The van der Waals surface area contributed by atoms with Crippen LogP contribution in [0.1, 0.15) is 31.7 Å². The number of rotatable bonds is 11. The number of anilines is 1. The monoisotopic (exact) mass is 629 g/mol. The molecule has 0 spiro atoms. The van der Waals surface area contributed by atoms with Crippen molar-refractivity contribution in [2.75, 3.05) is 12.3 Å². The van der Waals surface area contributed by atoms with Gasteiger partial charge in [-0.1, -0.05) is 6.08 Å². The van der Waals surface area contributed by atoms with Gasteiger partial charge >= 0.3 is 22.3 Å². The second-order valence-corrected chi connectivity index (χ2v) is 11.8. The van der Waals surface area contributed by atoms with Crippen LogP contribution in [-0.4, -0.2) is 84.9 Å². The predicted octanol–water partition coefficient (Wildman–Crippen LogP) is -1.29. The molecule has 1 saturated heterocycles. The maximum absolute atomic E-state index is 13.2. The Morgan fingerprint density at radius 1 is 1.24 bits per heavy atom. The van der Waals surface area contributed by atoms with Crippen molar-refractivity contribution in [3.05, 3.63) is 45.3 Å². The fraction of sp³-hybridized carbons (Fsp3) is 0.364. The number of pyridine rings is 1. The molecule has 4 amide bonds. The number of carboxylic acid groups (broad SMARTS) is 1. The van der Waals surface area contributed by atoms with Crippen LogP contribution in [0.4, 0.5) is 9.93 Å². The van der Waals surface area contributed by atoms with E-state index < -0.39 is 75.9 Å². The first kappa shape index (κ1) is 31.8. The summed E-state index contributed by atoms with van der Waals surface area (Å²) in [5.74, 6) is -4.03. The molecule has 18 nitrogen and oxygen atoms in total. The third-order valence-electron chi connectivity index (χ3n) is 6.13. The van der Waals surface area contributed by atoms with E-state index in [4.69, 9.17) is 5.73 Å². The average molecular weight is 630 g/mol. The number of urea groups is 1. The van der Waals surface area contributed by atoms with E-state index in [2.05, 4.69) is 20.9 Å². The number of nitrogens with two attached hydrogens (primary N) is 1. The van der Waals surface area contributed by atoms with E-state index in [1.807, 2.05) is 0 Å². The van der Waals surface area contributed by atoms with Gasteiger partial charge in [0.2, 0.25) is 5.43 Å². The van der Waals surface area contributed by atoms with Gasteiger partial charge in [0, 0.05) is 18.0 Å². The number of allylic oxidation sites excluding steroid dienone is 1. The van der Waals surface area contributed by atoms with E-state index in [1.165, 1.54) is 25.3 Å². The summed E-state index contributed by atoms with van der Waals surface area (Å²) in [6, 6.07) is -3.13. The van der Waals surface area contributed by atoms with Gasteiger partial charge in [-0.25, -0.2) is 14.1 Å². The van der Waals surface area contributed by atoms with Crippen molar-refractivity contribution in [2.24, 2.45) is 5.41 Å². The Kier molecular flexibility index (Phi) is 9.13. The van der Waals surface area contributed by atoms with Gasteiger partial charge in [-0.05, 0) is 20.3 Å². The lowest BCUT2D eigenvalue weighted by Crippen LogP contribution is -2.74. The molecule has 1 fully saturated rings. The minimum atomic E-state index is -5.10. The Labute approximate surface area is 241 Å². The van der Waals surface area contributed by atoms with Crippen LogP contribution in [0.3, 0.4) is 0 Å². The third kappa shape index (κ3) is 7.14. The molecule has 3 heterocycles. The van der Waals surface area contributed by atoms with Crippen LogP contribution in [-0.2, 0) is 31.2 Å². The summed E-state index contributed by atoms with van der Waals surface area (Å²) in [4.78, 5) is 65.2. The Bertz CT molecular complexity index is 1610. The number of carbonyl (C=O) groups is 4. The lowest BCUT2D eigenvalue weighted by atomic mass is 9.88. The summed E-state index contributed by atoms with van der Waals surface area (Å²) < 4.78 is 33.6. The molecule has 42 heavy (non-hydrogen) atoms. The van der Waals surface area contributed by atoms with Gasteiger partial charge in [0.1, 0.15) is 6.04 Å². The first-order valence-electron chi connectivity index (χ1n) is 11.8. The molecule has 0 unspecified atom stereocenters. The van der Waals surface area contributed by atoms with Crippen molar-refractivity contribution in [2.45, 2.75) is 38.9 Å². The van der Waals surface area contributed by atoms with E-state index in [-0.39, 0.29) is 32.8 Å². The van der Waals surface area contributed by atoms with Crippen molar-refractivity contribution >= 4 is 56.2 Å². The molecule has 228 valence electrons. The highest BCUT2D eigenvalue weighted by molar-refractivity contribution is 7.84. The average Bonchev–Trinajstić information content (AvgIpc) is 3.30. The third-order valence-corrected chi connectivity index (χ3v) is 7.75. The van der Waals surface area contributed by atoms with E-state index in [1.54, 1.807) is 0 Å². The summed E-state index contributed by atoms with van der Waals surface area (Å²) in [5, 5.41) is 36.8. The summed E-state index contributed by atoms with van der Waals surface area (Å²) in [7, 11) is -5.10. The van der Waals surface area contributed by atoms with E-state index in [0.717, 1.165) is 17.4 Å². The molecule has 1 aliphatic rings. The highest BCUT2D eigenvalue weighted by Crippen LogP contribution is 2.28. The standard InChI is InChI=1S/C22H27N7O11S2/c1-22(2,19(34)35)4-3-11(12-9-41-20(23)26-12)17(32)27-16-13(29(18(16)33)42(38,39)40)7-25-21(36)24-6-10-5-14(30)15(31)8-28(10)37/h3,5,8-9,13,16,31,37H,4,6-7H2,1-2H3,(H2,23,26)(H,27,32)(H,34,35)(H2,24,25,36)(H,38,39,40)/b11-3-/t13-,16+/m1/s1. The van der Waals surface area contributed by atoms with Crippen LogP contribution in [0.25, 0.3) is 5.57 Å². The summed E-state index contributed by atoms with van der Waals surface area (Å²) in [6.45, 7) is 1.83. The quantitative estimate of drug-likeness (QED) is 0.0622. The first-order valence-corrected chi connectivity index (χ1v) is 14.1. The van der Waals surface area contributed by atoms with Gasteiger partial charge in [-0.3, -0.25) is 23.7 Å². The number of aromatic nitrogens is 2. The topological polar surface area (TPSA) is 284 Å². The number of nitrogens with one attached hydrogen (secondary N) is 3. The zero-order chi connectivity index (χ0) is 31.6. The van der Waals surface area contributed by atoms with Crippen LogP contribution in [0.2, 0.25) is 0 Å². The number of amides is 4. The first-order chi connectivity index (χ1) is 19.4. The van der Waals surface area contributed by atoms with Crippen LogP contribution in [0.5, 0.6) is 5.75 Å². The molecule has 2 aromatic rings. The van der Waals surface area contributed by atoms with Gasteiger partial charge < -0.3 is 37.1 Å². The number of aromatic hydroxyl groups is 1. The van der Waals surface area contributed by atoms with Crippen molar-refractivity contribution < 1.29 is 47.6 Å². The molecule has 9 N–H and O–H groups in total. The van der Waals surface area contributed by atoms with Gasteiger partial charge in [0.05, 0.1) is 41.2 Å².